The molecule has 26 heavy (non-hydrogen) atoms. The van der Waals surface area contributed by atoms with Gasteiger partial charge < -0.3 is 26.6 Å². The molecular weight excluding hydrogens is 328 g/mol. The van der Waals surface area contributed by atoms with E-state index in [4.69, 9.17) is 16.2 Å². The molecule has 0 amide bonds. The number of hydrogen-bond acceptors (Lipinski definition) is 6. The lowest BCUT2D eigenvalue weighted by Gasteiger charge is -2.25. The van der Waals surface area contributed by atoms with Crippen molar-refractivity contribution in [1.82, 2.24) is 10.3 Å². The van der Waals surface area contributed by atoms with Gasteiger partial charge in [0.05, 0.1) is 23.6 Å². The van der Waals surface area contributed by atoms with Crippen molar-refractivity contribution in [3.63, 3.8) is 0 Å². The lowest BCUT2D eigenvalue weighted by atomic mass is 9.89. The van der Waals surface area contributed by atoms with Crippen molar-refractivity contribution < 1.29 is 9.84 Å². The van der Waals surface area contributed by atoms with Crippen LogP contribution in [0.2, 0.25) is 0 Å². The fourth-order valence-electron chi connectivity index (χ4n) is 3.57. The molecule has 1 atom stereocenters. The Morgan fingerprint density at radius 2 is 2.08 bits per heavy atom. The summed E-state index contributed by atoms with van der Waals surface area (Å²) in [6, 6.07) is 7.26. The summed E-state index contributed by atoms with van der Waals surface area (Å²) in [7, 11) is 0. The van der Waals surface area contributed by atoms with E-state index < -0.39 is 0 Å². The Morgan fingerprint density at radius 3 is 2.81 bits per heavy atom. The zero-order valence-electron chi connectivity index (χ0n) is 14.9. The summed E-state index contributed by atoms with van der Waals surface area (Å²) in [6.45, 7) is 2.57. The maximum atomic E-state index is 10.5. The number of phenolic OH excluding ortho intramolecular Hbond substituents is 1. The van der Waals surface area contributed by atoms with Crippen LogP contribution in [0.5, 0.6) is 11.5 Å². The molecule has 4 rings (SSSR count). The average molecular weight is 354 g/mol. The van der Waals surface area contributed by atoms with Gasteiger partial charge in [-0.1, -0.05) is 6.07 Å². The Kier molecular flexibility index (Phi) is 4.59. The number of nitrogens with zero attached hydrogens (tertiary/aromatic N) is 1. The molecule has 1 saturated heterocycles. The number of aromatic nitrogens is 1. The minimum Gasteiger partial charge on any atom is -0.507 e. The molecular formula is C20H26N4O2. The van der Waals surface area contributed by atoms with Crippen molar-refractivity contribution in [3.8, 4) is 22.8 Å². The van der Waals surface area contributed by atoms with Gasteiger partial charge >= 0.3 is 0 Å². The molecule has 1 aliphatic heterocycles. The molecule has 2 aliphatic rings. The fourth-order valence-corrected chi connectivity index (χ4v) is 3.57. The second-order valence-corrected chi connectivity index (χ2v) is 7.34. The van der Waals surface area contributed by atoms with Gasteiger partial charge in [0.2, 0.25) is 0 Å². The number of phenols is 1. The Labute approximate surface area is 153 Å². The van der Waals surface area contributed by atoms with Crippen molar-refractivity contribution >= 4 is 11.5 Å². The molecule has 1 unspecified atom stereocenters. The zero-order chi connectivity index (χ0) is 18.1. The molecule has 2 fully saturated rings. The minimum absolute atomic E-state index is 0.141. The summed E-state index contributed by atoms with van der Waals surface area (Å²) in [5, 5.41) is 13.9. The SMILES string of the molecule is Nc1nc(-c2c(O)cccc2OCC2CC2)cc(C2CCCNC2)c1N. The van der Waals surface area contributed by atoms with E-state index in [1.54, 1.807) is 12.1 Å². The van der Waals surface area contributed by atoms with Gasteiger partial charge in [0.1, 0.15) is 17.3 Å². The van der Waals surface area contributed by atoms with Gasteiger partial charge in [-0.2, -0.15) is 0 Å². The van der Waals surface area contributed by atoms with E-state index >= 15 is 0 Å². The molecule has 6 N–H and O–H groups in total. The second kappa shape index (κ2) is 7.03. The molecule has 1 aromatic heterocycles. The molecule has 0 radical (unpaired) electrons. The lowest BCUT2D eigenvalue weighted by molar-refractivity contribution is 0.299. The number of ether oxygens (including phenoxy) is 1. The van der Waals surface area contributed by atoms with E-state index in [2.05, 4.69) is 10.3 Å². The number of nitrogens with two attached hydrogens (primary N) is 2. The number of benzene rings is 1. The van der Waals surface area contributed by atoms with Crippen LogP contribution in [-0.2, 0) is 0 Å². The van der Waals surface area contributed by atoms with E-state index in [0.29, 0.717) is 47.0 Å². The van der Waals surface area contributed by atoms with Crippen LogP contribution in [0.4, 0.5) is 11.5 Å². The number of pyridine rings is 1. The third-order valence-corrected chi connectivity index (χ3v) is 5.29. The van der Waals surface area contributed by atoms with Gasteiger partial charge in [0.15, 0.2) is 0 Å². The Balaban J connectivity index is 1.74. The zero-order valence-corrected chi connectivity index (χ0v) is 14.9. The summed E-state index contributed by atoms with van der Waals surface area (Å²) < 4.78 is 5.97. The summed E-state index contributed by atoms with van der Waals surface area (Å²) in [4.78, 5) is 4.46. The summed E-state index contributed by atoms with van der Waals surface area (Å²) in [5.74, 6) is 2.01. The molecule has 2 heterocycles. The van der Waals surface area contributed by atoms with Crippen LogP contribution in [0.15, 0.2) is 24.3 Å². The largest absolute Gasteiger partial charge is 0.507 e. The Morgan fingerprint density at radius 1 is 1.23 bits per heavy atom. The first-order chi connectivity index (χ1) is 12.6. The molecule has 6 nitrogen and oxygen atoms in total. The normalized spacial score (nSPS) is 20.1. The first-order valence-electron chi connectivity index (χ1n) is 9.35. The third-order valence-electron chi connectivity index (χ3n) is 5.29. The van der Waals surface area contributed by atoms with Gasteiger partial charge in [-0.05, 0) is 67.8 Å². The molecule has 1 aliphatic carbocycles. The number of aromatic hydroxyl groups is 1. The first-order valence-corrected chi connectivity index (χ1v) is 9.35. The maximum absolute atomic E-state index is 10.5. The van der Waals surface area contributed by atoms with Crippen LogP contribution < -0.4 is 21.5 Å². The first kappa shape index (κ1) is 17.0. The van der Waals surface area contributed by atoms with Gasteiger partial charge in [-0.3, -0.25) is 0 Å². The van der Waals surface area contributed by atoms with Crippen LogP contribution in [0.25, 0.3) is 11.3 Å². The smallest absolute Gasteiger partial charge is 0.147 e. The fraction of sp³-hybridized carbons (Fsp3) is 0.450. The second-order valence-electron chi connectivity index (χ2n) is 7.34. The van der Waals surface area contributed by atoms with E-state index in [-0.39, 0.29) is 5.75 Å². The number of rotatable bonds is 5. The van der Waals surface area contributed by atoms with Gasteiger partial charge in [-0.25, -0.2) is 4.98 Å². The highest BCUT2D eigenvalue weighted by Crippen LogP contribution is 2.41. The third kappa shape index (κ3) is 3.42. The topological polar surface area (TPSA) is 106 Å². The highest BCUT2D eigenvalue weighted by atomic mass is 16.5. The Bertz CT molecular complexity index is 799. The van der Waals surface area contributed by atoms with Crippen molar-refractivity contribution in [2.24, 2.45) is 5.92 Å². The van der Waals surface area contributed by atoms with E-state index in [1.165, 1.54) is 12.8 Å². The van der Waals surface area contributed by atoms with Crippen LogP contribution in [-0.4, -0.2) is 29.8 Å². The number of nitrogen functional groups attached to an aromatic ring is 2. The quantitative estimate of drug-likeness (QED) is 0.658. The number of piperidine rings is 1. The molecule has 0 spiro atoms. The van der Waals surface area contributed by atoms with Crippen molar-refractivity contribution in [3.05, 3.63) is 29.8 Å². The van der Waals surface area contributed by atoms with E-state index in [9.17, 15) is 5.11 Å². The van der Waals surface area contributed by atoms with Crippen LogP contribution in [0, 0.1) is 5.92 Å². The Hall–Kier alpha value is -2.47. The van der Waals surface area contributed by atoms with Crippen LogP contribution in [0.1, 0.15) is 37.2 Å². The number of anilines is 2. The van der Waals surface area contributed by atoms with Crippen molar-refractivity contribution in [1.29, 1.82) is 0 Å². The molecule has 1 saturated carbocycles. The number of hydrogen-bond donors (Lipinski definition) is 4. The van der Waals surface area contributed by atoms with E-state index in [0.717, 1.165) is 31.5 Å². The highest BCUT2D eigenvalue weighted by molar-refractivity contribution is 5.78. The minimum atomic E-state index is 0.141. The highest BCUT2D eigenvalue weighted by Gasteiger charge is 2.25. The summed E-state index contributed by atoms with van der Waals surface area (Å²) >= 11 is 0. The van der Waals surface area contributed by atoms with Crippen LogP contribution in [0.3, 0.4) is 0 Å². The maximum Gasteiger partial charge on any atom is 0.147 e. The summed E-state index contributed by atoms with van der Waals surface area (Å²) in [6.07, 6.45) is 4.58. The van der Waals surface area contributed by atoms with E-state index in [1.807, 2.05) is 12.1 Å². The predicted octanol–water partition coefficient (Wildman–Crippen LogP) is 2.87. The average Bonchev–Trinajstić information content (AvgIpc) is 3.47. The lowest BCUT2D eigenvalue weighted by Crippen LogP contribution is -2.29. The van der Waals surface area contributed by atoms with Crippen molar-refractivity contribution in [2.45, 2.75) is 31.6 Å². The van der Waals surface area contributed by atoms with Crippen LogP contribution >= 0.6 is 0 Å². The predicted molar refractivity (Wildman–Crippen MR) is 103 cm³/mol. The number of nitrogens with one attached hydrogen (secondary N) is 1. The molecule has 6 heteroatoms. The molecule has 138 valence electrons. The summed E-state index contributed by atoms with van der Waals surface area (Å²) in [5.41, 5.74) is 15.1. The molecule has 0 bridgehead atoms. The molecule has 2 aromatic rings. The van der Waals surface area contributed by atoms with Crippen molar-refractivity contribution in [2.75, 3.05) is 31.2 Å². The van der Waals surface area contributed by atoms with Gasteiger partial charge in [0, 0.05) is 6.54 Å². The standard InChI is InChI=1S/C20H26N4O2/c21-19-14(13-3-2-8-23-10-13)9-15(24-20(19)22)18-16(25)4-1-5-17(18)26-11-12-6-7-12/h1,4-5,9,12-13,23,25H,2-3,6-8,10-11,21H2,(H2,22,24). The van der Waals surface area contributed by atoms with Gasteiger partial charge in [-0.15, -0.1) is 0 Å². The monoisotopic (exact) mass is 354 g/mol. The molecule has 1 aromatic carbocycles. The van der Waals surface area contributed by atoms with Gasteiger partial charge in [0.25, 0.3) is 0 Å².